The third-order valence-electron chi connectivity index (χ3n) is 4.72. The molecule has 0 aliphatic carbocycles. The summed E-state index contributed by atoms with van der Waals surface area (Å²) in [7, 11) is 0. The van der Waals surface area contributed by atoms with Gasteiger partial charge >= 0.3 is 0 Å². The number of fused-ring (bicyclic) bond motifs is 1. The highest BCUT2D eigenvalue weighted by Gasteiger charge is 2.27. The van der Waals surface area contributed by atoms with Crippen LogP contribution in [0.5, 0.6) is 11.5 Å². The number of hydrogen-bond acceptors (Lipinski definition) is 5. The van der Waals surface area contributed by atoms with E-state index < -0.39 is 0 Å². The minimum atomic E-state index is -0.340. The van der Waals surface area contributed by atoms with Crippen molar-refractivity contribution in [3.63, 3.8) is 0 Å². The molecule has 1 saturated heterocycles. The van der Waals surface area contributed by atoms with Gasteiger partial charge in [-0.1, -0.05) is 13.0 Å². The molecule has 0 aromatic heterocycles. The number of benzene rings is 1. The molecule has 1 aromatic rings. The molecule has 1 aromatic carbocycles. The van der Waals surface area contributed by atoms with Crippen LogP contribution in [0.25, 0.3) is 0 Å². The highest BCUT2D eigenvalue weighted by atomic mass is 16.7. The van der Waals surface area contributed by atoms with Crippen LogP contribution in [0.3, 0.4) is 0 Å². The number of nitrogens with one attached hydrogen (secondary N) is 1. The van der Waals surface area contributed by atoms with Crippen LogP contribution < -0.4 is 14.8 Å². The van der Waals surface area contributed by atoms with Crippen molar-refractivity contribution in [1.82, 2.24) is 10.2 Å². The number of nitrogens with zero attached hydrogens (tertiary/aromatic N) is 1. The number of carbonyl (C=O) groups excluding carboxylic acids is 1. The molecule has 1 fully saturated rings. The Morgan fingerprint density at radius 2 is 2.12 bits per heavy atom. The van der Waals surface area contributed by atoms with Crippen LogP contribution in [0.15, 0.2) is 18.2 Å². The van der Waals surface area contributed by atoms with Gasteiger partial charge in [0.2, 0.25) is 12.7 Å². The molecule has 3 rings (SSSR count). The first-order valence-corrected chi connectivity index (χ1v) is 8.54. The van der Waals surface area contributed by atoms with E-state index in [1.165, 1.54) is 0 Å². The normalized spacial score (nSPS) is 20.3. The Hall–Kier alpha value is -1.79. The predicted octanol–water partition coefficient (Wildman–Crippen LogP) is 1.88. The van der Waals surface area contributed by atoms with Crippen molar-refractivity contribution in [3.05, 3.63) is 23.8 Å². The van der Waals surface area contributed by atoms with Crippen LogP contribution in [0.4, 0.5) is 0 Å². The first kappa shape index (κ1) is 17.0. The van der Waals surface area contributed by atoms with E-state index in [-0.39, 0.29) is 24.3 Å². The number of carbonyl (C=O) groups is 1. The first-order valence-electron chi connectivity index (χ1n) is 8.54. The smallest absolute Gasteiger partial charge is 0.236 e. The van der Waals surface area contributed by atoms with Crippen LogP contribution in [-0.2, 0) is 15.1 Å². The average Bonchev–Trinajstić information content (AvgIpc) is 3.07. The van der Waals surface area contributed by atoms with Gasteiger partial charge in [-0.05, 0) is 38.0 Å². The standard InChI is InChI=1S/C18H26N2O4/c1-4-14-11-20(7-8-22-14)17(21)10-19-18(2,3)13-5-6-15-16(9-13)24-12-23-15/h5-6,9,14,19H,4,7-8,10-12H2,1-3H3/t14-/m1/s1. The minimum Gasteiger partial charge on any atom is -0.454 e. The summed E-state index contributed by atoms with van der Waals surface area (Å²) in [6.07, 6.45) is 1.09. The number of amides is 1. The monoisotopic (exact) mass is 334 g/mol. The highest BCUT2D eigenvalue weighted by molar-refractivity contribution is 5.78. The topological polar surface area (TPSA) is 60.0 Å². The highest BCUT2D eigenvalue weighted by Crippen LogP contribution is 2.35. The zero-order valence-electron chi connectivity index (χ0n) is 14.6. The fourth-order valence-electron chi connectivity index (χ4n) is 2.99. The molecule has 1 atom stereocenters. The van der Waals surface area contributed by atoms with Crippen molar-refractivity contribution < 1.29 is 19.0 Å². The van der Waals surface area contributed by atoms with Crippen molar-refractivity contribution in [3.8, 4) is 11.5 Å². The zero-order valence-corrected chi connectivity index (χ0v) is 14.6. The lowest BCUT2D eigenvalue weighted by Gasteiger charge is -2.34. The predicted molar refractivity (Wildman–Crippen MR) is 90.2 cm³/mol. The Morgan fingerprint density at radius 1 is 1.33 bits per heavy atom. The van der Waals surface area contributed by atoms with Gasteiger partial charge in [0.05, 0.1) is 19.3 Å². The van der Waals surface area contributed by atoms with E-state index >= 15 is 0 Å². The molecule has 24 heavy (non-hydrogen) atoms. The Labute approximate surface area is 143 Å². The molecular weight excluding hydrogens is 308 g/mol. The van der Waals surface area contributed by atoms with Gasteiger partial charge in [-0.3, -0.25) is 10.1 Å². The quantitative estimate of drug-likeness (QED) is 0.891. The third kappa shape index (κ3) is 3.65. The summed E-state index contributed by atoms with van der Waals surface area (Å²) in [5.74, 6) is 1.64. The number of hydrogen-bond donors (Lipinski definition) is 1. The van der Waals surface area contributed by atoms with Gasteiger partial charge in [0.1, 0.15) is 0 Å². The van der Waals surface area contributed by atoms with Crippen molar-refractivity contribution in [2.75, 3.05) is 33.0 Å². The molecule has 6 nitrogen and oxygen atoms in total. The second kappa shape index (κ2) is 6.99. The van der Waals surface area contributed by atoms with Gasteiger partial charge in [0.25, 0.3) is 0 Å². The number of morpholine rings is 1. The molecule has 0 spiro atoms. The largest absolute Gasteiger partial charge is 0.454 e. The minimum absolute atomic E-state index is 0.116. The van der Waals surface area contributed by atoms with E-state index in [4.69, 9.17) is 14.2 Å². The van der Waals surface area contributed by atoms with E-state index in [9.17, 15) is 4.79 Å². The first-order chi connectivity index (χ1) is 11.5. The van der Waals surface area contributed by atoms with Gasteiger partial charge in [-0.15, -0.1) is 0 Å². The average molecular weight is 334 g/mol. The summed E-state index contributed by atoms with van der Waals surface area (Å²) in [6.45, 7) is 8.74. The fourth-order valence-corrected chi connectivity index (χ4v) is 2.99. The van der Waals surface area contributed by atoms with Crippen LogP contribution in [-0.4, -0.2) is 49.9 Å². The van der Waals surface area contributed by atoms with Gasteiger partial charge in [0.15, 0.2) is 11.5 Å². The van der Waals surface area contributed by atoms with Crippen LogP contribution >= 0.6 is 0 Å². The maximum atomic E-state index is 12.5. The Kier molecular flexibility index (Phi) is 4.96. The van der Waals surface area contributed by atoms with Gasteiger partial charge in [-0.25, -0.2) is 0 Å². The van der Waals surface area contributed by atoms with Crippen LogP contribution in [0.2, 0.25) is 0 Å². The van der Waals surface area contributed by atoms with Crippen LogP contribution in [0.1, 0.15) is 32.8 Å². The van der Waals surface area contributed by atoms with Gasteiger partial charge < -0.3 is 19.1 Å². The lowest BCUT2D eigenvalue weighted by atomic mass is 9.94. The summed E-state index contributed by atoms with van der Waals surface area (Å²) in [6, 6.07) is 5.89. The molecule has 1 N–H and O–H groups in total. The molecule has 2 heterocycles. The molecule has 132 valence electrons. The fraction of sp³-hybridized carbons (Fsp3) is 0.611. The maximum absolute atomic E-state index is 12.5. The Morgan fingerprint density at radius 3 is 2.92 bits per heavy atom. The Balaban J connectivity index is 1.59. The SMILES string of the molecule is CC[C@@H]1CN(C(=O)CNC(C)(C)c2ccc3c(c2)OCO3)CCO1. The molecular formula is C18H26N2O4. The zero-order chi connectivity index (χ0) is 17.2. The summed E-state index contributed by atoms with van der Waals surface area (Å²) in [5, 5.41) is 3.37. The molecule has 0 bridgehead atoms. The van der Waals surface area contributed by atoms with Crippen molar-refractivity contribution >= 4 is 5.91 Å². The van der Waals surface area contributed by atoms with Gasteiger partial charge in [-0.2, -0.15) is 0 Å². The maximum Gasteiger partial charge on any atom is 0.236 e. The number of rotatable bonds is 5. The second-order valence-corrected chi connectivity index (χ2v) is 6.79. The molecule has 0 radical (unpaired) electrons. The van der Waals surface area contributed by atoms with E-state index in [1.807, 2.05) is 23.1 Å². The summed E-state index contributed by atoms with van der Waals surface area (Å²) >= 11 is 0. The summed E-state index contributed by atoms with van der Waals surface area (Å²) < 4.78 is 16.4. The van der Waals surface area contributed by atoms with E-state index in [0.29, 0.717) is 26.2 Å². The van der Waals surface area contributed by atoms with E-state index in [2.05, 4.69) is 26.1 Å². The summed E-state index contributed by atoms with van der Waals surface area (Å²) in [4.78, 5) is 14.4. The summed E-state index contributed by atoms with van der Waals surface area (Å²) in [5.41, 5.74) is 0.723. The Bertz CT molecular complexity index is 603. The van der Waals surface area contributed by atoms with Gasteiger partial charge in [0, 0.05) is 18.6 Å². The molecule has 2 aliphatic rings. The van der Waals surface area contributed by atoms with E-state index in [0.717, 1.165) is 23.5 Å². The number of ether oxygens (including phenoxy) is 3. The molecule has 0 unspecified atom stereocenters. The van der Waals surface area contributed by atoms with Crippen molar-refractivity contribution in [1.29, 1.82) is 0 Å². The molecule has 0 saturated carbocycles. The molecule has 2 aliphatic heterocycles. The van der Waals surface area contributed by atoms with Crippen LogP contribution in [0, 0.1) is 0 Å². The van der Waals surface area contributed by atoms with E-state index in [1.54, 1.807) is 0 Å². The lowest BCUT2D eigenvalue weighted by molar-refractivity contribution is -0.138. The third-order valence-corrected chi connectivity index (χ3v) is 4.72. The van der Waals surface area contributed by atoms with Crippen molar-refractivity contribution in [2.24, 2.45) is 0 Å². The molecule has 6 heteroatoms. The second-order valence-electron chi connectivity index (χ2n) is 6.79. The molecule has 1 amide bonds. The van der Waals surface area contributed by atoms with Crippen molar-refractivity contribution in [2.45, 2.75) is 38.8 Å². The lowest BCUT2D eigenvalue weighted by Crippen LogP contribution is -2.50.